The quantitative estimate of drug-likeness (QED) is 0.685. The minimum Gasteiger partial charge on any atom is -0.340 e. The molecule has 1 aliphatic rings. The number of piperazine rings is 1. The molecular weight excluding hydrogens is 348 g/mol. The van der Waals surface area contributed by atoms with E-state index in [1.807, 2.05) is 15.8 Å². The molecule has 1 aromatic heterocycles. The maximum Gasteiger partial charge on any atom is 0.224 e. The van der Waals surface area contributed by atoms with Crippen molar-refractivity contribution < 1.29 is 4.79 Å². The van der Waals surface area contributed by atoms with Gasteiger partial charge in [-0.25, -0.2) is 0 Å². The van der Waals surface area contributed by atoms with Crippen LogP contribution in [0.1, 0.15) is 23.1 Å². The van der Waals surface area contributed by atoms with E-state index in [1.54, 1.807) is 0 Å². The van der Waals surface area contributed by atoms with Gasteiger partial charge in [-0.15, -0.1) is 0 Å². The Morgan fingerprint density at radius 2 is 1.79 bits per heavy atom. The van der Waals surface area contributed by atoms with E-state index in [-0.39, 0.29) is 5.91 Å². The number of fused-ring (bicyclic) bond motifs is 1. The molecule has 4 rings (SSSR count). The zero-order chi connectivity index (χ0) is 19.5. The first-order valence-electron chi connectivity index (χ1n) is 10.1. The van der Waals surface area contributed by atoms with Crippen LogP contribution in [0.3, 0.4) is 0 Å². The fourth-order valence-electron chi connectivity index (χ4n) is 3.97. The lowest BCUT2D eigenvalue weighted by Crippen LogP contribution is -2.48. The smallest absolute Gasteiger partial charge is 0.224 e. The predicted octanol–water partition coefficient (Wildman–Crippen LogP) is 3.39. The number of rotatable bonds is 5. The Balaban J connectivity index is 1.28. The first-order chi connectivity index (χ1) is 13.6. The molecule has 0 atom stereocenters. The molecule has 0 saturated carbocycles. The van der Waals surface area contributed by atoms with E-state index < -0.39 is 0 Å². The highest BCUT2D eigenvalue weighted by atomic mass is 16.2. The summed E-state index contributed by atoms with van der Waals surface area (Å²) in [6, 6.07) is 15.0. The lowest BCUT2D eigenvalue weighted by molar-refractivity contribution is -0.133. The molecule has 0 radical (unpaired) electrons. The van der Waals surface area contributed by atoms with Crippen LogP contribution in [0.5, 0.6) is 0 Å². The zero-order valence-corrected chi connectivity index (χ0v) is 16.8. The van der Waals surface area contributed by atoms with E-state index in [9.17, 15) is 4.79 Å². The number of hydrogen-bond acceptors (Lipinski definition) is 3. The largest absolute Gasteiger partial charge is 0.340 e. The van der Waals surface area contributed by atoms with E-state index in [2.05, 4.69) is 66.3 Å². The third-order valence-electron chi connectivity index (χ3n) is 5.55. The molecule has 1 amide bonds. The predicted molar refractivity (Wildman–Crippen MR) is 112 cm³/mol. The summed E-state index contributed by atoms with van der Waals surface area (Å²) in [6.07, 6.45) is 2.39. The Morgan fingerprint density at radius 1 is 1.00 bits per heavy atom. The van der Waals surface area contributed by atoms with Crippen molar-refractivity contribution in [2.75, 3.05) is 26.2 Å². The number of benzene rings is 2. The topological polar surface area (TPSA) is 41.4 Å². The first kappa shape index (κ1) is 18.7. The number of nitrogens with zero attached hydrogens (tertiary/aromatic N) is 4. The standard InChI is InChI=1S/C23H28N4O/c1-18-4-3-5-20(14-18)17-25-10-12-26(13-11-25)23(28)8-9-27-22-7-6-19(2)15-21(22)16-24-27/h3-7,14-16H,8-13,17H2,1-2H3. The Kier molecular flexibility index (Phi) is 5.44. The Hall–Kier alpha value is -2.66. The number of aryl methyl sites for hydroxylation is 3. The number of carbonyl (C=O) groups is 1. The highest BCUT2D eigenvalue weighted by Crippen LogP contribution is 2.16. The molecule has 1 aliphatic heterocycles. The fourth-order valence-corrected chi connectivity index (χ4v) is 3.97. The van der Waals surface area contributed by atoms with Crippen LogP contribution >= 0.6 is 0 Å². The number of carbonyl (C=O) groups excluding carboxylic acids is 1. The van der Waals surface area contributed by atoms with Crippen molar-refractivity contribution in [3.8, 4) is 0 Å². The van der Waals surface area contributed by atoms with Crippen LogP contribution in [0.2, 0.25) is 0 Å². The van der Waals surface area contributed by atoms with Crippen molar-refractivity contribution in [3.63, 3.8) is 0 Å². The average molecular weight is 377 g/mol. The second-order valence-electron chi connectivity index (χ2n) is 7.83. The van der Waals surface area contributed by atoms with Gasteiger partial charge in [-0.05, 0) is 31.5 Å². The van der Waals surface area contributed by atoms with Gasteiger partial charge >= 0.3 is 0 Å². The van der Waals surface area contributed by atoms with Gasteiger partial charge in [0.1, 0.15) is 0 Å². The summed E-state index contributed by atoms with van der Waals surface area (Å²) < 4.78 is 1.95. The molecule has 146 valence electrons. The number of aromatic nitrogens is 2. The summed E-state index contributed by atoms with van der Waals surface area (Å²) in [4.78, 5) is 17.1. The fraction of sp³-hybridized carbons (Fsp3) is 0.391. The van der Waals surface area contributed by atoms with E-state index in [0.717, 1.165) is 43.6 Å². The molecule has 5 nitrogen and oxygen atoms in total. The summed E-state index contributed by atoms with van der Waals surface area (Å²) in [7, 11) is 0. The van der Waals surface area contributed by atoms with Gasteiger partial charge in [0.2, 0.25) is 5.91 Å². The summed E-state index contributed by atoms with van der Waals surface area (Å²) >= 11 is 0. The van der Waals surface area contributed by atoms with Gasteiger partial charge in [0.05, 0.1) is 18.3 Å². The molecule has 0 spiro atoms. The highest BCUT2D eigenvalue weighted by Gasteiger charge is 2.21. The van der Waals surface area contributed by atoms with Crippen molar-refractivity contribution in [1.82, 2.24) is 19.6 Å². The molecule has 1 fully saturated rings. The van der Waals surface area contributed by atoms with Gasteiger partial charge < -0.3 is 4.90 Å². The van der Waals surface area contributed by atoms with Crippen molar-refractivity contribution in [2.24, 2.45) is 0 Å². The summed E-state index contributed by atoms with van der Waals surface area (Å²) in [6.45, 7) is 9.29. The summed E-state index contributed by atoms with van der Waals surface area (Å²) in [5.74, 6) is 0.228. The van der Waals surface area contributed by atoms with Crippen LogP contribution in [-0.4, -0.2) is 51.7 Å². The van der Waals surface area contributed by atoms with Gasteiger partial charge in [0.25, 0.3) is 0 Å². The second kappa shape index (κ2) is 8.15. The average Bonchev–Trinajstić information content (AvgIpc) is 3.08. The van der Waals surface area contributed by atoms with Crippen LogP contribution in [0, 0.1) is 13.8 Å². The Morgan fingerprint density at radius 3 is 2.57 bits per heavy atom. The normalized spacial score (nSPS) is 15.3. The SMILES string of the molecule is Cc1cccc(CN2CCN(C(=O)CCn3ncc4cc(C)ccc43)CC2)c1. The first-order valence-corrected chi connectivity index (χ1v) is 10.1. The number of amides is 1. The van der Waals surface area contributed by atoms with Crippen LogP contribution in [0.15, 0.2) is 48.7 Å². The summed E-state index contributed by atoms with van der Waals surface area (Å²) in [5.41, 5.74) is 4.97. The molecule has 2 heterocycles. The van der Waals surface area contributed by atoms with E-state index in [4.69, 9.17) is 0 Å². The van der Waals surface area contributed by atoms with Crippen molar-refractivity contribution in [1.29, 1.82) is 0 Å². The van der Waals surface area contributed by atoms with Gasteiger partial charge in [-0.2, -0.15) is 5.10 Å². The Labute approximate surface area is 166 Å². The lowest BCUT2D eigenvalue weighted by atomic mass is 10.1. The maximum absolute atomic E-state index is 12.7. The van der Waals surface area contributed by atoms with Gasteiger partial charge in [-0.1, -0.05) is 41.5 Å². The highest BCUT2D eigenvalue weighted by molar-refractivity contribution is 5.80. The number of hydrogen-bond donors (Lipinski definition) is 0. The molecule has 28 heavy (non-hydrogen) atoms. The monoisotopic (exact) mass is 376 g/mol. The Bertz CT molecular complexity index is 970. The molecule has 0 bridgehead atoms. The van der Waals surface area contributed by atoms with Crippen LogP contribution < -0.4 is 0 Å². The van der Waals surface area contributed by atoms with Crippen LogP contribution in [0.25, 0.3) is 10.9 Å². The molecule has 0 unspecified atom stereocenters. The van der Waals surface area contributed by atoms with E-state index in [1.165, 1.54) is 16.7 Å². The van der Waals surface area contributed by atoms with E-state index >= 15 is 0 Å². The van der Waals surface area contributed by atoms with Gasteiger partial charge in [0, 0.05) is 44.5 Å². The van der Waals surface area contributed by atoms with Crippen molar-refractivity contribution in [2.45, 2.75) is 33.4 Å². The van der Waals surface area contributed by atoms with Crippen LogP contribution in [0.4, 0.5) is 0 Å². The van der Waals surface area contributed by atoms with Crippen molar-refractivity contribution >= 4 is 16.8 Å². The molecule has 1 saturated heterocycles. The van der Waals surface area contributed by atoms with Gasteiger partial charge in [0.15, 0.2) is 0 Å². The van der Waals surface area contributed by atoms with Crippen LogP contribution in [-0.2, 0) is 17.9 Å². The third kappa shape index (κ3) is 4.25. The lowest BCUT2D eigenvalue weighted by Gasteiger charge is -2.35. The van der Waals surface area contributed by atoms with Gasteiger partial charge in [-0.3, -0.25) is 14.4 Å². The zero-order valence-electron chi connectivity index (χ0n) is 16.8. The second-order valence-corrected chi connectivity index (χ2v) is 7.83. The molecule has 0 N–H and O–H groups in total. The minimum atomic E-state index is 0.228. The molecule has 5 heteroatoms. The van der Waals surface area contributed by atoms with Crippen molar-refractivity contribution in [3.05, 3.63) is 65.4 Å². The molecule has 0 aliphatic carbocycles. The molecule has 2 aromatic carbocycles. The molecular formula is C23H28N4O. The third-order valence-corrected chi connectivity index (χ3v) is 5.55. The summed E-state index contributed by atoms with van der Waals surface area (Å²) in [5, 5.41) is 5.59. The van der Waals surface area contributed by atoms with E-state index in [0.29, 0.717) is 13.0 Å². The molecule has 3 aromatic rings. The maximum atomic E-state index is 12.7. The minimum absolute atomic E-state index is 0.228.